The number of hydrazone groups is 2. The number of aryl methyl sites for hydroxylation is 2. The van der Waals surface area contributed by atoms with Crippen LogP contribution in [0.2, 0.25) is 0 Å². The standard InChI is InChI=1S/C62H60N6O2S3/c1-5-65-59-23-15-13-21-55(59)57-41-47(25-35-61(57)65)43-63-67(49-17-9-7-10-18-49)37-39-69-45(3)71-51-27-31-53(32-28-51)73-54-33-29-52(30-34-54)72-46(4)70-40-38-68(50-19-11-8-12-20-50)64-44-48-26-36-62-58(42-48)56-22-14-16-24-60(56)66(62)6-2/h7-36,41-46H,5-6,37-40H2,1-4H3/b63-43+,64-44+. The van der Waals surface area contributed by atoms with E-state index in [1.807, 2.05) is 58.8 Å². The number of para-hydroxylation sites is 4. The molecule has 0 saturated heterocycles. The van der Waals surface area contributed by atoms with Crippen LogP contribution in [0.4, 0.5) is 11.4 Å². The summed E-state index contributed by atoms with van der Waals surface area (Å²) in [5.74, 6) is 0. The second-order valence-electron chi connectivity index (χ2n) is 17.6. The number of benzene rings is 8. The van der Waals surface area contributed by atoms with Crippen molar-refractivity contribution in [2.75, 3.05) is 36.3 Å². The molecule has 10 rings (SSSR count). The Balaban J connectivity index is 0.685. The molecule has 2 heterocycles. The molecule has 8 aromatic carbocycles. The summed E-state index contributed by atoms with van der Waals surface area (Å²) in [5.41, 5.74) is 9.14. The molecule has 2 unspecified atom stereocenters. The van der Waals surface area contributed by atoms with E-state index in [1.165, 1.54) is 63.2 Å². The van der Waals surface area contributed by atoms with Gasteiger partial charge in [0.1, 0.15) is 10.9 Å². The maximum Gasteiger partial charge on any atom is 0.105 e. The Morgan fingerprint density at radius 2 is 0.808 bits per heavy atom. The van der Waals surface area contributed by atoms with E-state index in [4.69, 9.17) is 19.7 Å². The SMILES string of the molecule is CCn1c2ccccc2c2cc(/C=N/N(CCOC(C)Sc3ccc(Sc4ccc(SC(C)OCCN(/N=C/c5ccc6c(c5)c5ccccc5n6CC)c5ccccc5)cc4)cc3)c3ccccc3)ccc21. The van der Waals surface area contributed by atoms with Crippen molar-refractivity contribution in [2.45, 2.75) is 71.2 Å². The van der Waals surface area contributed by atoms with Crippen LogP contribution in [0.1, 0.15) is 38.8 Å². The zero-order chi connectivity index (χ0) is 49.9. The topological polar surface area (TPSA) is 59.5 Å². The fourth-order valence-electron chi connectivity index (χ4n) is 9.33. The Bertz CT molecular complexity index is 3240. The number of anilines is 2. The van der Waals surface area contributed by atoms with Gasteiger partial charge in [-0.25, -0.2) is 0 Å². The van der Waals surface area contributed by atoms with E-state index in [9.17, 15) is 0 Å². The smallest absolute Gasteiger partial charge is 0.105 e. The Morgan fingerprint density at radius 3 is 1.22 bits per heavy atom. The van der Waals surface area contributed by atoms with E-state index in [2.05, 4.69) is 195 Å². The van der Waals surface area contributed by atoms with Gasteiger partial charge in [0.05, 0.1) is 50.1 Å². The van der Waals surface area contributed by atoms with Crippen molar-refractivity contribution in [3.63, 3.8) is 0 Å². The maximum absolute atomic E-state index is 6.36. The minimum atomic E-state index is -0.0290. The van der Waals surface area contributed by atoms with Crippen LogP contribution in [-0.4, -0.2) is 58.7 Å². The van der Waals surface area contributed by atoms with Crippen molar-refractivity contribution in [1.82, 2.24) is 9.13 Å². The highest BCUT2D eigenvalue weighted by Crippen LogP contribution is 2.35. The maximum atomic E-state index is 6.36. The number of rotatable bonds is 22. The van der Waals surface area contributed by atoms with Crippen LogP contribution in [-0.2, 0) is 22.6 Å². The molecule has 0 spiro atoms. The monoisotopic (exact) mass is 1020 g/mol. The van der Waals surface area contributed by atoms with Crippen LogP contribution >= 0.6 is 35.3 Å². The van der Waals surface area contributed by atoms with Crippen LogP contribution in [0.15, 0.2) is 224 Å². The van der Waals surface area contributed by atoms with E-state index in [0.717, 1.165) is 35.6 Å². The highest BCUT2D eigenvalue weighted by molar-refractivity contribution is 8.00. The van der Waals surface area contributed by atoms with Gasteiger partial charge in [0.2, 0.25) is 0 Å². The van der Waals surface area contributed by atoms with Crippen LogP contribution in [0.25, 0.3) is 43.6 Å². The largest absolute Gasteiger partial charge is 0.366 e. The molecule has 0 aliphatic rings. The summed E-state index contributed by atoms with van der Waals surface area (Å²) in [6, 6.07) is 68.6. The molecule has 368 valence electrons. The Hall–Kier alpha value is -6.73. The van der Waals surface area contributed by atoms with E-state index < -0.39 is 0 Å². The summed E-state index contributed by atoms with van der Waals surface area (Å²) >= 11 is 5.21. The van der Waals surface area contributed by atoms with Crippen molar-refractivity contribution in [1.29, 1.82) is 0 Å². The molecule has 0 aliphatic carbocycles. The summed E-state index contributed by atoms with van der Waals surface area (Å²) in [6.45, 7) is 12.8. The van der Waals surface area contributed by atoms with Gasteiger partial charge in [-0.1, -0.05) is 120 Å². The summed E-state index contributed by atoms with van der Waals surface area (Å²) in [4.78, 5) is 4.72. The van der Waals surface area contributed by atoms with Crippen molar-refractivity contribution in [3.8, 4) is 0 Å². The van der Waals surface area contributed by atoms with Gasteiger partial charge < -0.3 is 18.6 Å². The molecular weight excluding hydrogens is 957 g/mol. The van der Waals surface area contributed by atoms with Crippen molar-refractivity contribution in [3.05, 3.63) is 205 Å². The number of hydrogen-bond acceptors (Lipinski definition) is 9. The molecule has 0 fully saturated rings. The third-order valence-corrected chi connectivity index (χ3v) is 15.9. The van der Waals surface area contributed by atoms with Crippen LogP contribution in [0, 0.1) is 0 Å². The van der Waals surface area contributed by atoms with Gasteiger partial charge in [-0.2, -0.15) is 10.2 Å². The minimum Gasteiger partial charge on any atom is -0.366 e. The first kappa shape index (κ1) is 49.8. The van der Waals surface area contributed by atoms with Gasteiger partial charge in [0.15, 0.2) is 0 Å². The van der Waals surface area contributed by atoms with Gasteiger partial charge in [-0.15, -0.1) is 0 Å². The highest BCUT2D eigenvalue weighted by atomic mass is 32.2. The molecule has 0 bridgehead atoms. The second-order valence-corrected chi connectivity index (χ2v) is 21.5. The third-order valence-electron chi connectivity index (χ3n) is 12.8. The fourth-order valence-corrected chi connectivity index (χ4v) is 11.8. The van der Waals surface area contributed by atoms with E-state index in [1.54, 1.807) is 35.3 Å². The van der Waals surface area contributed by atoms with Crippen LogP contribution in [0.3, 0.4) is 0 Å². The van der Waals surface area contributed by atoms with Gasteiger partial charge >= 0.3 is 0 Å². The number of nitrogens with zero attached hydrogens (tertiary/aromatic N) is 6. The zero-order valence-corrected chi connectivity index (χ0v) is 44.2. The van der Waals surface area contributed by atoms with Gasteiger partial charge in [0.25, 0.3) is 0 Å². The molecule has 0 aliphatic heterocycles. The lowest BCUT2D eigenvalue weighted by atomic mass is 10.1. The van der Waals surface area contributed by atoms with E-state index in [0.29, 0.717) is 26.3 Å². The average Bonchev–Trinajstić information content (AvgIpc) is 3.93. The first-order valence-corrected chi connectivity index (χ1v) is 27.7. The summed E-state index contributed by atoms with van der Waals surface area (Å²) in [6.07, 6.45) is 3.92. The van der Waals surface area contributed by atoms with Gasteiger partial charge in [0, 0.05) is 76.3 Å². The lowest BCUT2D eigenvalue weighted by Crippen LogP contribution is -2.23. The summed E-state index contributed by atoms with van der Waals surface area (Å²) < 4.78 is 17.5. The van der Waals surface area contributed by atoms with E-state index in [-0.39, 0.29) is 10.9 Å². The number of aromatic nitrogens is 2. The number of thioether (sulfide) groups is 2. The highest BCUT2D eigenvalue weighted by Gasteiger charge is 2.14. The van der Waals surface area contributed by atoms with Crippen molar-refractivity contribution in [2.24, 2.45) is 10.2 Å². The number of ether oxygens (including phenoxy) is 2. The predicted molar refractivity (Wildman–Crippen MR) is 313 cm³/mol. The third kappa shape index (κ3) is 12.0. The molecule has 10 aromatic rings. The van der Waals surface area contributed by atoms with Crippen LogP contribution in [0.5, 0.6) is 0 Å². The Morgan fingerprint density at radius 1 is 0.438 bits per heavy atom. The normalized spacial score (nSPS) is 12.8. The minimum absolute atomic E-state index is 0.0290. The molecule has 2 atom stereocenters. The molecule has 0 radical (unpaired) electrons. The molecule has 8 nitrogen and oxygen atoms in total. The molecular formula is C62H60N6O2S3. The number of hydrogen-bond donors (Lipinski definition) is 0. The molecule has 0 N–H and O–H groups in total. The Kier molecular flexibility index (Phi) is 16.3. The first-order valence-electron chi connectivity index (χ1n) is 25.1. The van der Waals surface area contributed by atoms with Crippen LogP contribution < -0.4 is 10.0 Å². The lowest BCUT2D eigenvalue weighted by molar-refractivity contribution is 0.130. The molecule has 0 amide bonds. The molecule has 73 heavy (non-hydrogen) atoms. The average molecular weight is 1020 g/mol. The fraction of sp³-hybridized carbons (Fsp3) is 0.194. The van der Waals surface area contributed by atoms with E-state index >= 15 is 0 Å². The second kappa shape index (κ2) is 23.9. The molecule has 11 heteroatoms. The van der Waals surface area contributed by atoms with Crippen molar-refractivity contribution >= 4 is 103 Å². The Labute approximate surface area is 441 Å². The first-order chi connectivity index (χ1) is 35.9. The molecule has 0 saturated carbocycles. The summed E-state index contributed by atoms with van der Waals surface area (Å²) in [7, 11) is 0. The quantitative estimate of drug-likeness (QED) is 0.0290. The zero-order valence-electron chi connectivity index (χ0n) is 41.8. The molecule has 2 aromatic heterocycles. The number of fused-ring (bicyclic) bond motifs is 6. The summed E-state index contributed by atoms with van der Waals surface area (Å²) in [5, 5.41) is 19.0. The predicted octanol–water partition coefficient (Wildman–Crippen LogP) is 16.1. The van der Waals surface area contributed by atoms with Crippen molar-refractivity contribution < 1.29 is 9.47 Å². The lowest BCUT2D eigenvalue weighted by Gasteiger charge is -2.21. The van der Waals surface area contributed by atoms with Gasteiger partial charge in [-0.3, -0.25) is 10.0 Å². The van der Waals surface area contributed by atoms with Gasteiger partial charge in [-0.05, 0) is 148 Å².